The number of nitrogens with zero attached hydrogens (tertiary/aromatic N) is 1. The van der Waals surface area contributed by atoms with Crippen LogP contribution in [0.4, 0.5) is 11.4 Å². The summed E-state index contributed by atoms with van der Waals surface area (Å²) in [5.41, 5.74) is -0.420. The van der Waals surface area contributed by atoms with Gasteiger partial charge >= 0.3 is 0 Å². The molecule has 0 aliphatic carbocycles. The van der Waals surface area contributed by atoms with E-state index in [4.69, 9.17) is 9.47 Å². The van der Waals surface area contributed by atoms with Crippen molar-refractivity contribution in [3.63, 3.8) is 0 Å². The summed E-state index contributed by atoms with van der Waals surface area (Å²) >= 11 is 0. The number of hydrogen-bond donors (Lipinski definition) is 2. The lowest BCUT2D eigenvalue weighted by Crippen LogP contribution is -2.20. The maximum Gasteiger partial charge on any atom is 0.296 e. The summed E-state index contributed by atoms with van der Waals surface area (Å²) in [6.45, 7) is 2.04. The molecule has 0 saturated heterocycles. The van der Waals surface area contributed by atoms with Gasteiger partial charge in [0.2, 0.25) is 0 Å². The first-order chi connectivity index (χ1) is 11.5. The number of amides is 1. The van der Waals surface area contributed by atoms with E-state index in [0.29, 0.717) is 18.1 Å². The van der Waals surface area contributed by atoms with Crippen molar-refractivity contribution in [2.45, 2.75) is 6.92 Å². The number of nitro benzene ring substituents is 1. The van der Waals surface area contributed by atoms with Gasteiger partial charge in [0.1, 0.15) is 22.9 Å². The second kappa shape index (κ2) is 7.82. The van der Waals surface area contributed by atoms with Crippen molar-refractivity contribution in [2.75, 3.05) is 18.5 Å². The fourth-order valence-corrected chi connectivity index (χ4v) is 1.93. The maximum atomic E-state index is 11.9. The molecular weight excluding hydrogens is 316 g/mol. The number of hydrogen-bond acceptors (Lipinski definition) is 6. The zero-order chi connectivity index (χ0) is 17.5. The number of carbonyl (C=O) groups excluding carboxylic acids is 1. The third-order valence-corrected chi connectivity index (χ3v) is 2.94. The van der Waals surface area contributed by atoms with E-state index in [9.17, 15) is 20.0 Å². The van der Waals surface area contributed by atoms with Gasteiger partial charge in [0.05, 0.1) is 17.6 Å². The molecule has 2 aromatic rings. The third-order valence-electron chi connectivity index (χ3n) is 2.94. The Hall–Kier alpha value is -3.29. The number of nitrogens with one attached hydrogen (secondary N) is 1. The summed E-state index contributed by atoms with van der Waals surface area (Å²) in [6, 6.07) is 10.2. The molecule has 0 saturated carbocycles. The van der Waals surface area contributed by atoms with Gasteiger partial charge in [-0.05, 0) is 31.2 Å². The molecule has 0 spiro atoms. The fraction of sp³-hybridized carbons (Fsp3) is 0.188. The third kappa shape index (κ3) is 4.60. The highest BCUT2D eigenvalue weighted by Crippen LogP contribution is 2.28. The number of aromatic hydroxyl groups is 1. The van der Waals surface area contributed by atoms with E-state index in [2.05, 4.69) is 5.32 Å². The molecule has 1 amide bonds. The van der Waals surface area contributed by atoms with Gasteiger partial charge in [0.25, 0.3) is 11.6 Å². The Morgan fingerprint density at radius 2 is 1.92 bits per heavy atom. The van der Waals surface area contributed by atoms with E-state index >= 15 is 0 Å². The number of benzene rings is 2. The first kappa shape index (κ1) is 17.1. The Bertz CT molecular complexity index is 747. The number of phenols is 1. The van der Waals surface area contributed by atoms with Gasteiger partial charge in [-0.1, -0.05) is 6.07 Å². The van der Waals surface area contributed by atoms with Crippen LogP contribution in [0.3, 0.4) is 0 Å². The number of ether oxygens (including phenoxy) is 2. The first-order valence-corrected chi connectivity index (χ1v) is 7.12. The van der Waals surface area contributed by atoms with E-state index in [1.807, 2.05) is 6.92 Å². The van der Waals surface area contributed by atoms with Crippen LogP contribution in [-0.2, 0) is 4.79 Å². The number of phenolic OH excluding ortho intramolecular Hbond substituents is 1. The Kier molecular flexibility index (Phi) is 5.56. The second-order valence-corrected chi connectivity index (χ2v) is 4.70. The van der Waals surface area contributed by atoms with Crippen molar-refractivity contribution >= 4 is 17.3 Å². The molecule has 0 bridgehead atoms. The lowest BCUT2D eigenvalue weighted by Gasteiger charge is -2.09. The molecular formula is C16H16N2O6. The van der Waals surface area contributed by atoms with Gasteiger partial charge in [0, 0.05) is 6.07 Å². The molecule has 8 heteroatoms. The van der Waals surface area contributed by atoms with Crippen LogP contribution in [0.5, 0.6) is 17.2 Å². The lowest BCUT2D eigenvalue weighted by atomic mass is 10.2. The summed E-state index contributed by atoms with van der Waals surface area (Å²) in [5.74, 6) is 0.232. The summed E-state index contributed by atoms with van der Waals surface area (Å²) in [6.07, 6.45) is 0. The Morgan fingerprint density at radius 1 is 1.21 bits per heavy atom. The van der Waals surface area contributed by atoms with Crippen LogP contribution in [0.1, 0.15) is 6.92 Å². The summed E-state index contributed by atoms with van der Waals surface area (Å²) < 4.78 is 10.7. The summed E-state index contributed by atoms with van der Waals surface area (Å²) in [5, 5.41) is 22.6. The minimum Gasteiger partial charge on any atom is -0.508 e. The van der Waals surface area contributed by atoms with E-state index < -0.39 is 16.5 Å². The molecule has 0 radical (unpaired) electrons. The van der Waals surface area contributed by atoms with Crippen LogP contribution in [0.25, 0.3) is 0 Å². The molecule has 24 heavy (non-hydrogen) atoms. The molecule has 0 aromatic heterocycles. The molecule has 2 N–H and O–H groups in total. The molecule has 0 aliphatic rings. The highest BCUT2D eigenvalue weighted by molar-refractivity contribution is 5.94. The van der Waals surface area contributed by atoms with Crippen molar-refractivity contribution in [1.82, 2.24) is 0 Å². The number of carbonyl (C=O) groups is 1. The zero-order valence-electron chi connectivity index (χ0n) is 12.9. The van der Waals surface area contributed by atoms with Gasteiger partial charge in [-0.25, -0.2) is 0 Å². The van der Waals surface area contributed by atoms with Crippen LogP contribution in [-0.4, -0.2) is 29.2 Å². The number of anilines is 1. The zero-order valence-corrected chi connectivity index (χ0v) is 12.9. The summed E-state index contributed by atoms with van der Waals surface area (Å²) in [4.78, 5) is 22.1. The Labute approximate surface area is 137 Å². The number of nitro groups is 1. The monoisotopic (exact) mass is 332 g/mol. The molecule has 2 aromatic carbocycles. The van der Waals surface area contributed by atoms with Gasteiger partial charge in [-0.3, -0.25) is 14.9 Å². The van der Waals surface area contributed by atoms with Crippen molar-refractivity contribution in [1.29, 1.82) is 0 Å². The average Bonchev–Trinajstić information content (AvgIpc) is 2.55. The highest BCUT2D eigenvalue weighted by Gasteiger charge is 2.17. The quantitative estimate of drug-likeness (QED) is 0.458. The van der Waals surface area contributed by atoms with Crippen molar-refractivity contribution < 1.29 is 24.3 Å². The molecule has 0 fully saturated rings. The van der Waals surface area contributed by atoms with Crippen molar-refractivity contribution in [3.05, 3.63) is 52.6 Å². The molecule has 8 nitrogen and oxygen atoms in total. The summed E-state index contributed by atoms with van der Waals surface area (Å²) in [7, 11) is 0. The maximum absolute atomic E-state index is 11.9. The molecule has 0 heterocycles. The Balaban J connectivity index is 1.99. The SMILES string of the molecule is CCOc1cccc(OCC(=O)Nc2ccc(O)cc2[N+](=O)[O-])c1. The lowest BCUT2D eigenvalue weighted by molar-refractivity contribution is -0.384. The van der Waals surface area contributed by atoms with Gasteiger partial charge in [0.15, 0.2) is 6.61 Å². The molecule has 0 atom stereocenters. The van der Waals surface area contributed by atoms with Crippen LogP contribution in [0.15, 0.2) is 42.5 Å². The normalized spacial score (nSPS) is 10.0. The fourth-order valence-electron chi connectivity index (χ4n) is 1.93. The average molecular weight is 332 g/mol. The predicted molar refractivity (Wildman–Crippen MR) is 86.5 cm³/mol. The van der Waals surface area contributed by atoms with Crippen molar-refractivity contribution in [2.24, 2.45) is 0 Å². The molecule has 126 valence electrons. The van der Waals surface area contributed by atoms with Gasteiger partial charge in [-0.15, -0.1) is 0 Å². The minimum atomic E-state index is -0.693. The first-order valence-electron chi connectivity index (χ1n) is 7.12. The van der Waals surface area contributed by atoms with Crippen LogP contribution in [0, 0.1) is 10.1 Å². The minimum absolute atomic E-state index is 0.0190. The van der Waals surface area contributed by atoms with Crippen LogP contribution in [0.2, 0.25) is 0 Å². The molecule has 0 aliphatic heterocycles. The van der Waals surface area contributed by atoms with E-state index in [0.717, 1.165) is 6.07 Å². The smallest absolute Gasteiger partial charge is 0.296 e. The predicted octanol–water partition coefficient (Wildman–Crippen LogP) is 2.72. The van der Waals surface area contributed by atoms with E-state index in [1.54, 1.807) is 24.3 Å². The topological polar surface area (TPSA) is 111 Å². The van der Waals surface area contributed by atoms with E-state index in [1.165, 1.54) is 12.1 Å². The molecule has 0 unspecified atom stereocenters. The second-order valence-electron chi connectivity index (χ2n) is 4.70. The van der Waals surface area contributed by atoms with Gasteiger partial charge in [-0.2, -0.15) is 0 Å². The van der Waals surface area contributed by atoms with Crippen molar-refractivity contribution in [3.8, 4) is 17.2 Å². The number of rotatable bonds is 7. The standard InChI is InChI=1S/C16H16N2O6/c1-2-23-12-4-3-5-13(9-12)24-10-16(20)17-14-7-6-11(19)8-15(14)18(21)22/h3-9,19H,2,10H2,1H3,(H,17,20). The van der Waals surface area contributed by atoms with Crippen LogP contribution < -0.4 is 14.8 Å². The van der Waals surface area contributed by atoms with E-state index in [-0.39, 0.29) is 18.0 Å². The van der Waals surface area contributed by atoms with Gasteiger partial charge < -0.3 is 19.9 Å². The molecule has 2 rings (SSSR count). The largest absolute Gasteiger partial charge is 0.508 e. The Morgan fingerprint density at radius 3 is 2.58 bits per heavy atom. The highest BCUT2D eigenvalue weighted by atomic mass is 16.6. The van der Waals surface area contributed by atoms with Crippen LogP contribution >= 0.6 is 0 Å².